The van der Waals surface area contributed by atoms with Crippen molar-refractivity contribution in [2.45, 2.75) is 52.7 Å². The first-order valence-electron chi connectivity index (χ1n) is 9.63. The second-order valence-electron chi connectivity index (χ2n) is 6.95. The molecule has 1 aromatic carbocycles. The van der Waals surface area contributed by atoms with Gasteiger partial charge in [0.15, 0.2) is 11.5 Å². The third-order valence-corrected chi connectivity index (χ3v) is 4.87. The zero-order valence-corrected chi connectivity index (χ0v) is 16.6. The summed E-state index contributed by atoms with van der Waals surface area (Å²) in [5.74, 6) is 0.568. The molecule has 2 aromatic rings. The summed E-state index contributed by atoms with van der Waals surface area (Å²) in [6.07, 6.45) is 2.34. The summed E-state index contributed by atoms with van der Waals surface area (Å²) in [6, 6.07) is 6.94. The van der Waals surface area contributed by atoms with E-state index in [4.69, 9.17) is 14.0 Å². The van der Waals surface area contributed by atoms with Gasteiger partial charge in [-0.2, -0.15) is 0 Å². The number of piperidine rings is 1. The monoisotopic (exact) mass is 386 g/mol. The van der Waals surface area contributed by atoms with E-state index in [0.29, 0.717) is 25.3 Å². The lowest BCUT2D eigenvalue weighted by Gasteiger charge is -2.33. The van der Waals surface area contributed by atoms with Crippen LogP contribution < -0.4 is 4.74 Å². The first-order chi connectivity index (χ1) is 13.5. The lowest BCUT2D eigenvalue weighted by atomic mass is 10.0. The van der Waals surface area contributed by atoms with Crippen LogP contribution in [0.2, 0.25) is 0 Å². The van der Waals surface area contributed by atoms with Gasteiger partial charge in [-0.3, -0.25) is 4.79 Å². The van der Waals surface area contributed by atoms with Crippen molar-refractivity contribution in [2.24, 2.45) is 0 Å². The van der Waals surface area contributed by atoms with Gasteiger partial charge in [0.1, 0.15) is 18.4 Å². The van der Waals surface area contributed by atoms with Gasteiger partial charge in [0.2, 0.25) is 0 Å². The summed E-state index contributed by atoms with van der Waals surface area (Å²) in [7, 11) is 0. The Morgan fingerprint density at radius 1 is 1.25 bits per heavy atom. The highest BCUT2D eigenvalue weighted by Crippen LogP contribution is 2.24. The molecule has 2 heterocycles. The van der Waals surface area contributed by atoms with Crippen LogP contribution in [0.15, 0.2) is 28.8 Å². The molecule has 150 valence electrons. The first kappa shape index (κ1) is 19.9. The molecule has 7 nitrogen and oxygen atoms in total. The zero-order chi connectivity index (χ0) is 20.1. The predicted molar refractivity (Wildman–Crippen MR) is 102 cm³/mol. The van der Waals surface area contributed by atoms with Gasteiger partial charge in [0, 0.05) is 12.6 Å². The number of esters is 1. The van der Waals surface area contributed by atoms with Crippen LogP contribution in [-0.2, 0) is 16.1 Å². The number of hydrogen-bond acceptors (Lipinski definition) is 6. The fourth-order valence-corrected chi connectivity index (χ4v) is 3.46. The van der Waals surface area contributed by atoms with Gasteiger partial charge in [-0.05, 0) is 51.2 Å². The number of carbonyl (C=O) groups excluding carboxylic acids is 2. The van der Waals surface area contributed by atoms with E-state index in [1.807, 2.05) is 32.0 Å². The SMILES string of the molecule is CCOC(=O)[C@H]1CCCCN1C(=O)c1cc(COc2c(C)cccc2C)on1. The van der Waals surface area contributed by atoms with Crippen LogP contribution in [0.1, 0.15) is 53.6 Å². The molecule has 0 radical (unpaired) electrons. The van der Waals surface area contributed by atoms with Crippen molar-refractivity contribution < 1.29 is 23.6 Å². The lowest BCUT2D eigenvalue weighted by molar-refractivity contribution is -0.149. The van der Waals surface area contributed by atoms with E-state index in [1.54, 1.807) is 13.0 Å². The van der Waals surface area contributed by atoms with Gasteiger partial charge >= 0.3 is 5.97 Å². The number of aromatic nitrogens is 1. The standard InChI is InChI=1S/C21H26N2O5/c1-4-26-21(25)18-10-5-6-11-23(18)20(24)17-12-16(28-22-17)13-27-19-14(2)8-7-9-15(19)3/h7-9,12,18H,4-6,10-11,13H2,1-3H3/t18-/m1/s1. The molecule has 0 bridgehead atoms. The number of rotatable bonds is 6. The van der Waals surface area contributed by atoms with Crippen LogP contribution in [0.5, 0.6) is 5.75 Å². The quantitative estimate of drug-likeness (QED) is 0.708. The van der Waals surface area contributed by atoms with Crippen molar-refractivity contribution in [3.05, 3.63) is 46.8 Å². The van der Waals surface area contributed by atoms with E-state index < -0.39 is 6.04 Å². The number of carbonyl (C=O) groups is 2. The van der Waals surface area contributed by atoms with Crippen LogP contribution >= 0.6 is 0 Å². The van der Waals surface area contributed by atoms with E-state index in [-0.39, 0.29) is 24.2 Å². The second kappa shape index (κ2) is 8.91. The van der Waals surface area contributed by atoms with Crippen LogP contribution in [0.4, 0.5) is 0 Å². The molecule has 1 aromatic heterocycles. The molecule has 1 aliphatic heterocycles. The molecule has 1 amide bonds. The maximum Gasteiger partial charge on any atom is 0.328 e. The maximum absolute atomic E-state index is 12.9. The predicted octanol–water partition coefficient (Wildman–Crippen LogP) is 3.43. The Morgan fingerprint density at radius 3 is 2.71 bits per heavy atom. The lowest BCUT2D eigenvalue weighted by Crippen LogP contribution is -2.48. The summed E-state index contributed by atoms with van der Waals surface area (Å²) in [5.41, 5.74) is 2.24. The number of benzene rings is 1. The summed E-state index contributed by atoms with van der Waals surface area (Å²) < 4.78 is 16.2. The molecule has 1 atom stereocenters. The molecule has 0 aliphatic carbocycles. The summed E-state index contributed by atoms with van der Waals surface area (Å²) >= 11 is 0. The van der Waals surface area contributed by atoms with E-state index in [0.717, 1.165) is 29.7 Å². The molecule has 1 aliphatic rings. The topological polar surface area (TPSA) is 81.9 Å². The third-order valence-electron chi connectivity index (χ3n) is 4.87. The van der Waals surface area contributed by atoms with Crippen molar-refractivity contribution in [1.29, 1.82) is 0 Å². The molecule has 0 spiro atoms. The fourth-order valence-electron chi connectivity index (χ4n) is 3.46. The molecule has 0 N–H and O–H groups in total. The largest absolute Gasteiger partial charge is 0.485 e. The minimum Gasteiger partial charge on any atom is -0.485 e. The smallest absolute Gasteiger partial charge is 0.328 e. The van der Waals surface area contributed by atoms with Gasteiger partial charge in [-0.15, -0.1) is 0 Å². The Hall–Kier alpha value is -2.83. The van der Waals surface area contributed by atoms with E-state index in [2.05, 4.69) is 5.16 Å². The Bertz CT molecular complexity index is 825. The molecule has 0 unspecified atom stereocenters. The molecule has 28 heavy (non-hydrogen) atoms. The number of nitrogens with zero attached hydrogens (tertiary/aromatic N) is 2. The number of ether oxygens (including phenoxy) is 2. The fraction of sp³-hybridized carbons (Fsp3) is 0.476. The Labute approximate surface area is 164 Å². The van der Waals surface area contributed by atoms with E-state index in [9.17, 15) is 9.59 Å². The van der Waals surface area contributed by atoms with Crippen molar-refractivity contribution >= 4 is 11.9 Å². The molecule has 7 heteroatoms. The highest BCUT2D eigenvalue weighted by molar-refractivity contribution is 5.95. The number of aryl methyl sites for hydroxylation is 2. The van der Waals surface area contributed by atoms with Gasteiger partial charge in [-0.1, -0.05) is 23.4 Å². The van der Waals surface area contributed by atoms with E-state index >= 15 is 0 Å². The van der Waals surface area contributed by atoms with Gasteiger partial charge in [0.05, 0.1) is 6.61 Å². The molecular formula is C21H26N2O5. The summed E-state index contributed by atoms with van der Waals surface area (Å²) in [4.78, 5) is 26.6. The minimum absolute atomic E-state index is 0.174. The number of amides is 1. The molecule has 1 fully saturated rings. The highest BCUT2D eigenvalue weighted by Gasteiger charge is 2.34. The Morgan fingerprint density at radius 2 is 2.00 bits per heavy atom. The first-order valence-corrected chi connectivity index (χ1v) is 9.63. The van der Waals surface area contributed by atoms with Crippen molar-refractivity contribution in [1.82, 2.24) is 10.1 Å². The van der Waals surface area contributed by atoms with Crippen molar-refractivity contribution in [3.63, 3.8) is 0 Å². The molecule has 0 saturated carbocycles. The van der Waals surface area contributed by atoms with Crippen LogP contribution in [0.25, 0.3) is 0 Å². The van der Waals surface area contributed by atoms with Crippen LogP contribution in [-0.4, -0.2) is 41.1 Å². The Kier molecular flexibility index (Phi) is 6.34. The number of hydrogen-bond donors (Lipinski definition) is 0. The highest BCUT2D eigenvalue weighted by atomic mass is 16.5. The minimum atomic E-state index is -0.563. The summed E-state index contributed by atoms with van der Waals surface area (Å²) in [5, 5.41) is 3.89. The van der Waals surface area contributed by atoms with E-state index in [1.165, 1.54) is 4.90 Å². The summed E-state index contributed by atoms with van der Waals surface area (Å²) in [6.45, 7) is 6.68. The third kappa shape index (κ3) is 4.35. The molecular weight excluding hydrogens is 360 g/mol. The van der Waals surface area contributed by atoms with Crippen molar-refractivity contribution in [2.75, 3.05) is 13.2 Å². The molecule has 3 rings (SSSR count). The van der Waals surface area contributed by atoms with Gasteiger partial charge in [0.25, 0.3) is 5.91 Å². The second-order valence-corrected chi connectivity index (χ2v) is 6.95. The average Bonchev–Trinajstić information content (AvgIpc) is 3.16. The maximum atomic E-state index is 12.9. The number of para-hydroxylation sites is 1. The van der Waals surface area contributed by atoms with Gasteiger partial charge in [-0.25, -0.2) is 4.79 Å². The number of likely N-dealkylation sites (tertiary alicyclic amines) is 1. The zero-order valence-electron chi connectivity index (χ0n) is 16.6. The Balaban J connectivity index is 1.68. The average molecular weight is 386 g/mol. The van der Waals surface area contributed by atoms with Crippen molar-refractivity contribution in [3.8, 4) is 5.75 Å². The van der Waals surface area contributed by atoms with Crippen LogP contribution in [0.3, 0.4) is 0 Å². The molecule has 1 saturated heterocycles. The van der Waals surface area contributed by atoms with Gasteiger partial charge < -0.3 is 18.9 Å². The van der Waals surface area contributed by atoms with Crippen LogP contribution in [0, 0.1) is 13.8 Å². The normalized spacial score (nSPS) is 16.7.